The fourth-order valence-electron chi connectivity index (χ4n) is 2.72. The van der Waals surface area contributed by atoms with Crippen molar-refractivity contribution in [2.24, 2.45) is 0 Å². The van der Waals surface area contributed by atoms with Gasteiger partial charge in [0.25, 0.3) is 0 Å². The molecule has 0 saturated heterocycles. The van der Waals surface area contributed by atoms with Gasteiger partial charge in [0.2, 0.25) is 0 Å². The average Bonchev–Trinajstić information content (AvgIpc) is 3.10. The van der Waals surface area contributed by atoms with Crippen molar-refractivity contribution >= 4 is 17.0 Å². The zero-order valence-electron chi connectivity index (χ0n) is 13.9. The number of nitrogens with zero attached hydrogens (tertiary/aromatic N) is 4. The number of hydrogen-bond acceptors (Lipinski definition) is 5. The van der Waals surface area contributed by atoms with E-state index in [0.717, 1.165) is 17.0 Å². The molecule has 0 aliphatic rings. The van der Waals surface area contributed by atoms with Crippen LogP contribution < -0.4 is 11.4 Å². The van der Waals surface area contributed by atoms with Gasteiger partial charge in [0, 0.05) is 5.69 Å². The van der Waals surface area contributed by atoms with E-state index in [0.29, 0.717) is 29.4 Å². The lowest BCUT2D eigenvalue weighted by molar-refractivity contribution is 0.777. The molecule has 0 spiro atoms. The molecular formula is C17H17N7O. The largest absolute Gasteiger partial charge is 0.382 e. The zero-order chi connectivity index (χ0) is 17.6. The van der Waals surface area contributed by atoms with Crippen molar-refractivity contribution in [2.75, 3.05) is 5.73 Å². The third kappa shape index (κ3) is 2.57. The summed E-state index contributed by atoms with van der Waals surface area (Å²) in [5.74, 6) is 1.11. The van der Waals surface area contributed by atoms with E-state index in [1.165, 1.54) is 0 Å². The summed E-state index contributed by atoms with van der Waals surface area (Å²) in [6.45, 7) is 4.22. The minimum atomic E-state index is -0.274. The molecule has 0 unspecified atom stereocenters. The number of imidazole rings is 2. The molecule has 8 heteroatoms. The lowest BCUT2D eigenvalue weighted by atomic mass is 10.2. The highest BCUT2D eigenvalue weighted by Gasteiger charge is 2.17. The zero-order valence-corrected chi connectivity index (χ0v) is 13.9. The Labute approximate surface area is 142 Å². The number of anilines is 1. The fraction of sp³-hybridized carbons (Fsp3) is 0.176. The minimum absolute atomic E-state index is 0.218. The number of aromatic amines is 2. The molecule has 126 valence electrons. The van der Waals surface area contributed by atoms with E-state index in [1.54, 1.807) is 4.57 Å². The van der Waals surface area contributed by atoms with Crippen LogP contribution in [-0.2, 0) is 6.54 Å². The molecule has 0 atom stereocenters. The molecule has 0 radical (unpaired) electrons. The van der Waals surface area contributed by atoms with Crippen LogP contribution in [0.5, 0.6) is 0 Å². The molecular weight excluding hydrogens is 318 g/mol. The molecule has 0 aliphatic heterocycles. The Hall–Kier alpha value is -3.42. The smallest absolute Gasteiger partial charge is 0.328 e. The average molecular weight is 335 g/mol. The van der Waals surface area contributed by atoms with E-state index in [1.807, 2.05) is 44.2 Å². The quantitative estimate of drug-likeness (QED) is 0.527. The summed E-state index contributed by atoms with van der Waals surface area (Å²) < 4.78 is 1.55. The molecule has 8 nitrogen and oxygen atoms in total. The number of fused-ring (bicyclic) bond motifs is 1. The molecule has 0 aliphatic carbocycles. The van der Waals surface area contributed by atoms with Gasteiger partial charge in [-0.3, -0.25) is 4.57 Å². The molecule has 4 aromatic rings. The van der Waals surface area contributed by atoms with E-state index < -0.39 is 0 Å². The fourth-order valence-corrected chi connectivity index (χ4v) is 2.72. The summed E-state index contributed by atoms with van der Waals surface area (Å²) in [7, 11) is 0. The summed E-state index contributed by atoms with van der Waals surface area (Å²) >= 11 is 0. The lowest BCUT2D eigenvalue weighted by Gasteiger charge is -2.04. The maximum Gasteiger partial charge on any atom is 0.328 e. The van der Waals surface area contributed by atoms with Crippen molar-refractivity contribution in [2.45, 2.75) is 20.4 Å². The SMILES string of the molecule is Cc1nc(-c2nc(N)c3[nH]c(=O)n(Cc4ccccc4)c3n2)[nH]c1C. The topological polar surface area (TPSA) is 118 Å². The Balaban J connectivity index is 1.89. The first-order valence-corrected chi connectivity index (χ1v) is 7.86. The minimum Gasteiger partial charge on any atom is -0.382 e. The molecule has 0 saturated carbocycles. The van der Waals surface area contributed by atoms with Crippen molar-refractivity contribution in [3.05, 3.63) is 57.8 Å². The third-order valence-electron chi connectivity index (χ3n) is 4.17. The molecule has 0 amide bonds. The van der Waals surface area contributed by atoms with Crippen molar-refractivity contribution in [1.82, 2.24) is 29.5 Å². The lowest BCUT2D eigenvalue weighted by Crippen LogP contribution is -2.17. The molecule has 25 heavy (non-hydrogen) atoms. The Morgan fingerprint density at radius 2 is 1.84 bits per heavy atom. The summed E-state index contributed by atoms with van der Waals surface area (Å²) in [6.07, 6.45) is 0. The Morgan fingerprint density at radius 1 is 1.08 bits per heavy atom. The first-order chi connectivity index (χ1) is 12.0. The van der Waals surface area contributed by atoms with Gasteiger partial charge in [-0.05, 0) is 19.4 Å². The van der Waals surface area contributed by atoms with Gasteiger partial charge in [0.05, 0.1) is 12.2 Å². The number of nitrogens with one attached hydrogen (secondary N) is 2. The standard InChI is InChI=1S/C17H17N7O/c1-9-10(2)20-14(19-9)15-22-13(18)12-16(23-15)24(17(25)21-12)8-11-6-4-3-5-7-11/h3-7H,8H2,1-2H3,(H,19,20)(H,21,25)(H2,18,22,23). The van der Waals surface area contributed by atoms with Crippen LogP contribution in [0.4, 0.5) is 5.82 Å². The number of H-pyrrole nitrogens is 2. The summed E-state index contributed by atoms with van der Waals surface area (Å²) in [4.78, 5) is 31.5. The highest BCUT2D eigenvalue weighted by molar-refractivity contribution is 5.83. The number of nitrogens with two attached hydrogens (primary N) is 1. The van der Waals surface area contributed by atoms with Crippen LogP contribution in [0.25, 0.3) is 22.8 Å². The van der Waals surface area contributed by atoms with Gasteiger partial charge in [0.15, 0.2) is 23.1 Å². The normalized spacial score (nSPS) is 11.3. The first-order valence-electron chi connectivity index (χ1n) is 7.86. The van der Waals surface area contributed by atoms with Crippen LogP contribution in [0, 0.1) is 13.8 Å². The van der Waals surface area contributed by atoms with E-state index in [2.05, 4.69) is 24.9 Å². The highest BCUT2D eigenvalue weighted by Crippen LogP contribution is 2.20. The molecule has 4 N–H and O–H groups in total. The van der Waals surface area contributed by atoms with Crippen molar-refractivity contribution in [3.63, 3.8) is 0 Å². The molecule has 3 aromatic heterocycles. The number of aromatic nitrogens is 6. The molecule has 4 rings (SSSR count). The predicted octanol–water partition coefficient (Wildman–Crippen LogP) is 1.76. The van der Waals surface area contributed by atoms with Gasteiger partial charge < -0.3 is 15.7 Å². The van der Waals surface area contributed by atoms with Gasteiger partial charge >= 0.3 is 5.69 Å². The maximum absolute atomic E-state index is 12.4. The predicted molar refractivity (Wildman–Crippen MR) is 95.2 cm³/mol. The monoisotopic (exact) mass is 335 g/mol. The molecule has 1 aromatic carbocycles. The number of hydrogen-bond donors (Lipinski definition) is 3. The number of nitrogen functional groups attached to an aromatic ring is 1. The number of benzene rings is 1. The molecule has 3 heterocycles. The summed E-state index contributed by atoms with van der Waals surface area (Å²) in [6, 6.07) is 9.70. The second-order valence-corrected chi connectivity index (χ2v) is 5.93. The van der Waals surface area contributed by atoms with Crippen LogP contribution in [-0.4, -0.2) is 29.5 Å². The van der Waals surface area contributed by atoms with Gasteiger partial charge in [-0.2, -0.15) is 0 Å². The van der Waals surface area contributed by atoms with Gasteiger partial charge in [-0.25, -0.2) is 19.7 Å². The van der Waals surface area contributed by atoms with Crippen LogP contribution in [0.1, 0.15) is 17.0 Å². The highest BCUT2D eigenvalue weighted by atomic mass is 16.1. The van der Waals surface area contributed by atoms with Crippen molar-refractivity contribution in [1.29, 1.82) is 0 Å². The van der Waals surface area contributed by atoms with E-state index in [9.17, 15) is 4.79 Å². The summed E-state index contributed by atoms with van der Waals surface area (Å²) in [5.41, 5.74) is 9.46. The Kier molecular flexibility index (Phi) is 3.38. The third-order valence-corrected chi connectivity index (χ3v) is 4.17. The number of aryl methyl sites for hydroxylation is 2. The van der Waals surface area contributed by atoms with Crippen LogP contribution in [0.2, 0.25) is 0 Å². The van der Waals surface area contributed by atoms with Gasteiger partial charge in [-0.1, -0.05) is 30.3 Å². The van der Waals surface area contributed by atoms with Crippen molar-refractivity contribution in [3.8, 4) is 11.6 Å². The van der Waals surface area contributed by atoms with E-state index in [4.69, 9.17) is 5.73 Å². The molecule has 0 fully saturated rings. The van der Waals surface area contributed by atoms with Crippen molar-refractivity contribution < 1.29 is 0 Å². The van der Waals surface area contributed by atoms with E-state index in [-0.39, 0.29) is 11.5 Å². The Bertz CT molecular complexity index is 1100. The summed E-state index contributed by atoms with van der Waals surface area (Å²) in [5, 5.41) is 0. The maximum atomic E-state index is 12.4. The molecule has 0 bridgehead atoms. The van der Waals surface area contributed by atoms with Crippen LogP contribution in [0.15, 0.2) is 35.1 Å². The Morgan fingerprint density at radius 3 is 2.52 bits per heavy atom. The van der Waals surface area contributed by atoms with E-state index >= 15 is 0 Å². The van der Waals surface area contributed by atoms with Crippen LogP contribution >= 0.6 is 0 Å². The van der Waals surface area contributed by atoms with Crippen LogP contribution in [0.3, 0.4) is 0 Å². The number of rotatable bonds is 3. The van der Waals surface area contributed by atoms with Gasteiger partial charge in [0.1, 0.15) is 5.52 Å². The second kappa shape index (κ2) is 5.59. The second-order valence-electron chi connectivity index (χ2n) is 5.93. The first kappa shape index (κ1) is 15.1. The van der Waals surface area contributed by atoms with Gasteiger partial charge in [-0.15, -0.1) is 0 Å².